The topological polar surface area (TPSA) is 61.4 Å². The minimum absolute atomic E-state index is 0.0530. The van der Waals surface area contributed by atoms with E-state index in [0.29, 0.717) is 11.6 Å². The predicted octanol–water partition coefficient (Wildman–Crippen LogP) is 2.55. The van der Waals surface area contributed by atoms with E-state index in [1.54, 1.807) is 6.07 Å². The molecular formula is C15H21ClN2O2. The largest absolute Gasteiger partial charge is 0.507 e. The van der Waals surface area contributed by atoms with Gasteiger partial charge in [-0.25, -0.2) is 0 Å². The fourth-order valence-electron chi connectivity index (χ4n) is 2.60. The van der Waals surface area contributed by atoms with Gasteiger partial charge in [0.1, 0.15) is 5.75 Å². The molecule has 1 aliphatic rings. The Balaban J connectivity index is 2.00. The third kappa shape index (κ3) is 3.44. The molecule has 1 aromatic carbocycles. The first-order chi connectivity index (χ1) is 9.40. The van der Waals surface area contributed by atoms with Crippen LogP contribution in [0.2, 0.25) is 5.02 Å². The van der Waals surface area contributed by atoms with E-state index in [4.69, 9.17) is 11.6 Å². The molecule has 1 aliphatic heterocycles. The molecule has 0 aromatic heterocycles. The Morgan fingerprint density at radius 3 is 3.00 bits per heavy atom. The van der Waals surface area contributed by atoms with Crippen molar-refractivity contribution < 1.29 is 9.90 Å². The highest BCUT2D eigenvalue weighted by molar-refractivity contribution is 6.31. The molecule has 1 unspecified atom stereocenters. The molecule has 0 aliphatic carbocycles. The smallest absolute Gasteiger partial charge is 0.255 e. The molecule has 0 saturated carbocycles. The monoisotopic (exact) mass is 296 g/mol. The summed E-state index contributed by atoms with van der Waals surface area (Å²) in [6, 6.07) is 4.70. The van der Waals surface area contributed by atoms with E-state index in [2.05, 4.69) is 24.5 Å². The Hall–Kier alpha value is -1.26. The summed E-state index contributed by atoms with van der Waals surface area (Å²) in [6.07, 6.45) is 2.30. The number of carbonyl (C=O) groups is 1. The number of hydrogen-bond donors (Lipinski definition) is 3. The van der Waals surface area contributed by atoms with Crippen LogP contribution in [0, 0.1) is 5.41 Å². The highest BCUT2D eigenvalue weighted by Crippen LogP contribution is 2.29. The second kappa shape index (κ2) is 6.02. The number of halogens is 1. The van der Waals surface area contributed by atoms with Crippen LogP contribution >= 0.6 is 11.6 Å². The maximum Gasteiger partial charge on any atom is 0.255 e. The molecule has 2 rings (SSSR count). The number of piperidine rings is 1. The number of hydrogen-bond acceptors (Lipinski definition) is 3. The van der Waals surface area contributed by atoms with Crippen molar-refractivity contribution in [2.24, 2.45) is 5.41 Å². The van der Waals surface area contributed by atoms with Gasteiger partial charge in [-0.1, -0.05) is 25.4 Å². The van der Waals surface area contributed by atoms with Crippen molar-refractivity contribution in [3.63, 3.8) is 0 Å². The van der Waals surface area contributed by atoms with E-state index in [1.165, 1.54) is 12.1 Å². The van der Waals surface area contributed by atoms with Crippen molar-refractivity contribution in [2.45, 2.75) is 32.7 Å². The molecule has 1 saturated heterocycles. The summed E-state index contributed by atoms with van der Waals surface area (Å²) >= 11 is 5.85. The Morgan fingerprint density at radius 2 is 2.30 bits per heavy atom. The molecule has 1 fully saturated rings. The number of aromatic hydroxyl groups is 1. The summed E-state index contributed by atoms with van der Waals surface area (Å²) < 4.78 is 0. The van der Waals surface area contributed by atoms with Gasteiger partial charge in [0.15, 0.2) is 0 Å². The standard InChI is InChI=1S/C15H21ClN2O2/c1-15(2)6-3-7-17-13(15)9-18-14(20)11-8-10(16)4-5-12(11)19/h4-5,8,13,17,19H,3,6-7,9H2,1-2H3,(H,18,20). The first-order valence-corrected chi connectivity index (χ1v) is 7.28. The van der Waals surface area contributed by atoms with Crippen LogP contribution in [-0.4, -0.2) is 30.1 Å². The molecule has 0 spiro atoms. The van der Waals surface area contributed by atoms with Gasteiger partial charge >= 0.3 is 0 Å². The maximum absolute atomic E-state index is 12.1. The molecule has 1 atom stereocenters. The molecule has 4 nitrogen and oxygen atoms in total. The lowest BCUT2D eigenvalue weighted by Crippen LogP contribution is -2.52. The summed E-state index contributed by atoms with van der Waals surface area (Å²) in [5.41, 5.74) is 0.369. The molecule has 1 heterocycles. The third-order valence-electron chi connectivity index (χ3n) is 4.00. The highest BCUT2D eigenvalue weighted by atomic mass is 35.5. The lowest BCUT2D eigenvalue weighted by atomic mass is 9.77. The van der Waals surface area contributed by atoms with Crippen molar-refractivity contribution in [1.29, 1.82) is 0 Å². The van der Waals surface area contributed by atoms with E-state index < -0.39 is 0 Å². The fraction of sp³-hybridized carbons (Fsp3) is 0.533. The summed E-state index contributed by atoms with van der Waals surface area (Å²) in [5.74, 6) is -0.351. The summed E-state index contributed by atoms with van der Waals surface area (Å²) in [6.45, 7) is 5.92. The SMILES string of the molecule is CC1(C)CCCNC1CNC(=O)c1cc(Cl)ccc1O. The average molecular weight is 297 g/mol. The molecule has 110 valence electrons. The van der Waals surface area contributed by atoms with Crippen LogP contribution in [0.15, 0.2) is 18.2 Å². The highest BCUT2D eigenvalue weighted by Gasteiger charge is 2.32. The van der Waals surface area contributed by atoms with Crippen molar-refractivity contribution in [2.75, 3.05) is 13.1 Å². The van der Waals surface area contributed by atoms with Gasteiger partial charge in [0, 0.05) is 17.6 Å². The lowest BCUT2D eigenvalue weighted by Gasteiger charge is -2.39. The van der Waals surface area contributed by atoms with E-state index in [1.807, 2.05) is 0 Å². The molecule has 5 heteroatoms. The Bertz CT molecular complexity index is 503. The minimum Gasteiger partial charge on any atom is -0.507 e. The van der Waals surface area contributed by atoms with Crippen LogP contribution in [0.1, 0.15) is 37.0 Å². The van der Waals surface area contributed by atoms with E-state index in [9.17, 15) is 9.90 Å². The number of rotatable bonds is 3. The minimum atomic E-state index is -0.298. The van der Waals surface area contributed by atoms with E-state index in [-0.39, 0.29) is 28.7 Å². The van der Waals surface area contributed by atoms with Gasteiger partial charge in [0.25, 0.3) is 5.91 Å². The number of nitrogens with one attached hydrogen (secondary N) is 2. The van der Waals surface area contributed by atoms with Gasteiger partial charge < -0.3 is 15.7 Å². The quantitative estimate of drug-likeness (QED) is 0.803. The molecule has 3 N–H and O–H groups in total. The fourth-order valence-corrected chi connectivity index (χ4v) is 2.77. The first-order valence-electron chi connectivity index (χ1n) is 6.90. The average Bonchev–Trinajstić information content (AvgIpc) is 2.39. The van der Waals surface area contributed by atoms with Crippen molar-refractivity contribution in [1.82, 2.24) is 10.6 Å². The van der Waals surface area contributed by atoms with Gasteiger partial charge in [-0.2, -0.15) is 0 Å². The predicted molar refractivity (Wildman–Crippen MR) is 80.3 cm³/mol. The van der Waals surface area contributed by atoms with Gasteiger partial charge in [0.2, 0.25) is 0 Å². The summed E-state index contributed by atoms with van der Waals surface area (Å²) in [5, 5.41) is 16.5. The van der Waals surface area contributed by atoms with Crippen LogP contribution in [0.4, 0.5) is 0 Å². The van der Waals surface area contributed by atoms with Crippen molar-refractivity contribution >= 4 is 17.5 Å². The number of benzene rings is 1. The van der Waals surface area contributed by atoms with E-state index >= 15 is 0 Å². The van der Waals surface area contributed by atoms with Crippen molar-refractivity contribution in [3.8, 4) is 5.75 Å². The normalized spacial score (nSPS) is 21.4. The third-order valence-corrected chi connectivity index (χ3v) is 4.24. The number of carbonyl (C=O) groups excluding carboxylic acids is 1. The zero-order chi connectivity index (χ0) is 14.8. The number of amides is 1. The second-order valence-corrected chi connectivity index (χ2v) is 6.41. The molecule has 0 radical (unpaired) electrons. The van der Waals surface area contributed by atoms with Crippen LogP contribution in [0.5, 0.6) is 5.75 Å². The van der Waals surface area contributed by atoms with Gasteiger partial charge in [-0.05, 0) is 43.0 Å². The second-order valence-electron chi connectivity index (χ2n) is 5.97. The van der Waals surface area contributed by atoms with Gasteiger partial charge in [-0.3, -0.25) is 4.79 Å². The van der Waals surface area contributed by atoms with Crippen LogP contribution in [0.25, 0.3) is 0 Å². The summed E-state index contributed by atoms with van der Waals surface area (Å²) in [4.78, 5) is 12.1. The summed E-state index contributed by atoms with van der Waals surface area (Å²) in [7, 11) is 0. The first kappa shape index (κ1) is 15.1. The van der Waals surface area contributed by atoms with Crippen molar-refractivity contribution in [3.05, 3.63) is 28.8 Å². The number of phenolic OH excluding ortho intramolecular Hbond substituents is 1. The van der Waals surface area contributed by atoms with Crippen LogP contribution in [-0.2, 0) is 0 Å². The Morgan fingerprint density at radius 1 is 1.55 bits per heavy atom. The molecule has 1 amide bonds. The van der Waals surface area contributed by atoms with Crippen LogP contribution in [0.3, 0.4) is 0 Å². The maximum atomic E-state index is 12.1. The van der Waals surface area contributed by atoms with Gasteiger partial charge in [0.05, 0.1) is 5.56 Å². The number of phenols is 1. The molecule has 20 heavy (non-hydrogen) atoms. The van der Waals surface area contributed by atoms with Crippen LogP contribution < -0.4 is 10.6 Å². The lowest BCUT2D eigenvalue weighted by molar-refractivity contribution is 0.0926. The molecule has 1 aromatic rings. The zero-order valence-electron chi connectivity index (χ0n) is 11.9. The Kier molecular flexibility index (Phi) is 4.55. The Labute approximate surface area is 124 Å². The molecule has 0 bridgehead atoms. The van der Waals surface area contributed by atoms with E-state index in [0.717, 1.165) is 19.4 Å². The molecular weight excluding hydrogens is 276 g/mol. The van der Waals surface area contributed by atoms with Gasteiger partial charge in [-0.15, -0.1) is 0 Å². The zero-order valence-corrected chi connectivity index (χ0v) is 12.6.